The molecule has 0 unspecified atom stereocenters. The lowest BCUT2D eigenvalue weighted by molar-refractivity contribution is -0.132. The van der Waals surface area contributed by atoms with Crippen molar-refractivity contribution in [1.82, 2.24) is 19.8 Å². The van der Waals surface area contributed by atoms with Crippen LogP contribution in [0.3, 0.4) is 0 Å². The number of amides is 1. The van der Waals surface area contributed by atoms with Gasteiger partial charge in [-0.25, -0.2) is 4.98 Å². The molecule has 0 aliphatic carbocycles. The molecule has 26 heavy (non-hydrogen) atoms. The normalized spacial score (nSPS) is 15.0. The zero-order valence-electron chi connectivity index (χ0n) is 15.2. The molecule has 0 radical (unpaired) electrons. The van der Waals surface area contributed by atoms with Crippen LogP contribution in [0.1, 0.15) is 26.2 Å². The van der Waals surface area contributed by atoms with E-state index in [0.29, 0.717) is 29.8 Å². The highest BCUT2D eigenvalue weighted by atomic mass is 35.5. The molecule has 0 atom stereocenters. The van der Waals surface area contributed by atoms with Crippen molar-refractivity contribution in [2.24, 2.45) is 5.92 Å². The second-order valence-electron chi connectivity index (χ2n) is 6.64. The maximum Gasteiger partial charge on any atom is 0.261 e. The fourth-order valence-corrected chi connectivity index (χ4v) is 3.37. The van der Waals surface area contributed by atoms with Crippen LogP contribution in [0.4, 0.5) is 0 Å². The molecule has 6 nitrogen and oxygen atoms in total. The van der Waals surface area contributed by atoms with E-state index in [1.807, 2.05) is 23.1 Å². The molecule has 3 rings (SSSR count). The van der Waals surface area contributed by atoms with Crippen LogP contribution in [0.25, 0.3) is 10.9 Å². The number of halogens is 1. The van der Waals surface area contributed by atoms with E-state index < -0.39 is 0 Å². The Morgan fingerprint density at radius 2 is 2.00 bits per heavy atom. The second-order valence-corrected chi connectivity index (χ2v) is 6.64. The number of nitrogens with zero attached hydrogens (tertiary/aromatic N) is 3. The molecule has 0 bridgehead atoms. The molecule has 7 heteroatoms. The molecule has 1 aromatic heterocycles. The molecule has 1 aliphatic heterocycles. The summed E-state index contributed by atoms with van der Waals surface area (Å²) in [5, 5.41) is 3.98. The van der Waals surface area contributed by atoms with Gasteiger partial charge in [0, 0.05) is 26.1 Å². The molecule has 2 aromatic rings. The molecule has 1 saturated heterocycles. The Bertz CT molecular complexity index is 784. The summed E-state index contributed by atoms with van der Waals surface area (Å²) in [5.74, 6) is 0.790. The maximum atomic E-state index is 12.5. The Morgan fingerprint density at radius 1 is 1.27 bits per heavy atom. The highest BCUT2D eigenvalue weighted by Gasteiger charge is 2.22. The Labute approximate surface area is 160 Å². The zero-order valence-corrected chi connectivity index (χ0v) is 16.0. The van der Waals surface area contributed by atoms with Crippen molar-refractivity contribution in [2.45, 2.75) is 32.7 Å². The summed E-state index contributed by atoms with van der Waals surface area (Å²) in [5.41, 5.74) is 0.612. The van der Waals surface area contributed by atoms with Gasteiger partial charge in [0.25, 0.3) is 5.56 Å². The van der Waals surface area contributed by atoms with E-state index in [0.717, 1.165) is 39.0 Å². The summed E-state index contributed by atoms with van der Waals surface area (Å²) >= 11 is 0. The molecule has 142 valence electrons. The Balaban J connectivity index is 0.00000243. The first kappa shape index (κ1) is 20.4. The lowest BCUT2D eigenvalue weighted by Gasteiger charge is -2.32. The minimum absolute atomic E-state index is 0. The van der Waals surface area contributed by atoms with Crippen molar-refractivity contribution in [3.8, 4) is 0 Å². The summed E-state index contributed by atoms with van der Waals surface area (Å²) in [6.07, 6.45) is 3.99. The number of rotatable bonds is 6. The minimum Gasteiger partial charge on any atom is -0.343 e. The van der Waals surface area contributed by atoms with Gasteiger partial charge in [0.2, 0.25) is 5.91 Å². The largest absolute Gasteiger partial charge is 0.343 e. The van der Waals surface area contributed by atoms with E-state index in [1.165, 1.54) is 4.57 Å². The summed E-state index contributed by atoms with van der Waals surface area (Å²) in [4.78, 5) is 31.1. The molecular formula is C19H27ClN4O2. The average Bonchev–Trinajstić information content (AvgIpc) is 2.66. The van der Waals surface area contributed by atoms with Crippen molar-refractivity contribution >= 4 is 29.2 Å². The zero-order chi connectivity index (χ0) is 17.6. The number of aromatic nitrogens is 2. The highest BCUT2D eigenvalue weighted by Crippen LogP contribution is 2.17. The second kappa shape index (κ2) is 9.69. The number of carbonyl (C=O) groups is 1. The fourth-order valence-electron chi connectivity index (χ4n) is 3.37. The molecule has 1 fully saturated rings. The number of hydrogen-bond acceptors (Lipinski definition) is 4. The first-order valence-electron chi connectivity index (χ1n) is 9.11. The van der Waals surface area contributed by atoms with E-state index in [4.69, 9.17) is 0 Å². The molecule has 0 spiro atoms. The quantitative estimate of drug-likeness (QED) is 0.835. The van der Waals surface area contributed by atoms with Crippen molar-refractivity contribution in [3.05, 3.63) is 40.9 Å². The number of piperidine rings is 1. The number of fused-ring (bicyclic) bond motifs is 1. The third-order valence-corrected chi connectivity index (χ3v) is 4.95. The van der Waals surface area contributed by atoms with Crippen LogP contribution < -0.4 is 10.9 Å². The Morgan fingerprint density at radius 3 is 2.73 bits per heavy atom. The summed E-state index contributed by atoms with van der Waals surface area (Å²) < 4.78 is 1.54. The van der Waals surface area contributed by atoms with Gasteiger partial charge in [-0.3, -0.25) is 14.2 Å². The van der Waals surface area contributed by atoms with Crippen LogP contribution in [0.15, 0.2) is 35.4 Å². The van der Waals surface area contributed by atoms with Crippen LogP contribution in [-0.2, 0) is 11.3 Å². The van der Waals surface area contributed by atoms with Crippen LogP contribution in [0, 0.1) is 5.92 Å². The van der Waals surface area contributed by atoms with E-state index in [2.05, 4.69) is 17.2 Å². The van der Waals surface area contributed by atoms with Gasteiger partial charge in [-0.1, -0.05) is 19.1 Å². The maximum absolute atomic E-state index is 12.5. The van der Waals surface area contributed by atoms with Crippen molar-refractivity contribution < 1.29 is 4.79 Å². The number of aryl methyl sites for hydroxylation is 1. The predicted octanol–water partition coefficient (Wildman–Crippen LogP) is 2.06. The fraction of sp³-hybridized carbons (Fsp3) is 0.526. The minimum atomic E-state index is -0.0808. The van der Waals surface area contributed by atoms with Crippen molar-refractivity contribution in [3.63, 3.8) is 0 Å². The number of hydrogen-bond donors (Lipinski definition) is 1. The lowest BCUT2D eigenvalue weighted by Crippen LogP contribution is -2.41. The Kier molecular flexibility index (Phi) is 7.60. The molecule has 1 amide bonds. The van der Waals surface area contributed by atoms with Gasteiger partial charge >= 0.3 is 0 Å². The highest BCUT2D eigenvalue weighted by molar-refractivity contribution is 5.85. The standard InChI is InChI=1S/C19H26N4O2.ClH/c1-2-20-13-15-7-10-22(11-8-15)18(24)9-12-23-14-21-17-6-4-3-5-16(17)19(23)25;/h3-6,14-15,20H,2,7-13H2,1H3;1H. The van der Waals surface area contributed by atoms with E-state index in [9.17, 15) is 9.59 Å². The van der Waals surface area contributed by atoms with E-state index >= 15 is 0 Å². The lowest BCUT2D eigenvalue weighted by atomic mass is 9.96. The molecule has 2 heterocycles. The first-order chi connectivity index (χ1) is 12.2. The summed E-state index contributed by atoms with van der Waals surface area (Å²) in [6.45, 7) is 6.17. The van der Waals surface area contributed by atoms with Crippen LogP contribution in [0.5, 0.6) is 0 Å². The van der Waals surface area contributed by atoms with Gasteiger partial charge in [-0.15, -0.1) is 12.4 Å². The molecule has 1 aliphatic rings. The van der Waals surface area contributed by atoms with Gasteiger partial charge in [0.15, 0.2) is 0 Å². The number of nitrogens with one attached hydrogen (secondary N) is 1. The smallest absolute Gasteiger partial charge is 0.261 e. The number of benzene rings is 1. The summed E-state index contributed by atoms with van der Waals surface area (Å²) in [7, 11) is 0. The van der Waals surface area contributed by atoms with Gasteiger partial charge in [-0.2, -0.15) is 0 Å². The third kappa shape index (κ3) is 4.83. The first-order valence-corrected chi connectivity index (χ1v) is 9.11. The van der Waals surface area contributed by atoms with Crippen molar-refractivity contribution in [1.29, 1.82) is 0 Å². The van der Waals surface area contributed by atoms with Gasteiger partial charge < -0.3 is 10.2 Å². The van der Waals surface area contributed by atoms with E-state index in [-0.39, 0.29) is 23.9 Å². The van der Waals surface area contributed by atoms with Crippen molar-refractivity contribution in [2.75, 3.05) is 26.2 Å². The van der Waals surface area contributed by atoms with Gasteiger partial charge in [0.05, 0.1) is 17.2 Å². The topological polar surface area (TPSA) is 67.2 Å². The molecule has 1 aromatic carbocycles. The SMILES string of the molecule is CCNCC1CCN(C(=O)CCn2cnc3ccccc3c2=O)CC1.Cl. The molecule has 0 saturated carbocycles. The number of likely N-dealkylation sites (tertiary alicyclic amines) is 1. The monoisotopic (exact) mass is 378 g/mol. The van der Waals surface area contributed by atoms with Crippen LogP contribution in [-0.4, -0.2) is 46.5 Å². The van der Waals surface area contributed by atoms with Gasteiger partial charge in [0.1, 0.15) is 0 Å². The summed E-state index contributed by atoms with van der Waals surface area (Å²) in [6, 6.07) is 7.29. The number of para-hydroxylation sites is 1. The average molecular weight is 379 g/mol. The van der Waals surface area contributed by atoms with Crippen LogP contribution in [0.2, 0.25) is 0 Å². The van der Waals surface area contributed by atoms with Gasteiger partial charge in [-0.05, 0) is 44.0 Å². The third-order valence-electron chi connectivity index (χ3n) is 4.95. The molecular weight excluding hydrogens is 352 g/mol. The molecule has 1 N–H and O–H groups in total. The number of carbonyl (C=O) groups excluding carboxylic acids is 1. The predicted molar refractivity (Wildman–Crippen MR) is 106 cm³/mol. The Hall–Kier alpha value is -1.92. The van der Waals surface area contributed by atoms with E-state index in [1.54, 1.807) is 12.4 Å². The van der Waals surface area contributed by atoms with Crippen LogP contribution >= 0.6 is 12.4 Å².